The van der Waals surface area contributed by atoms with Gasteiger partial charge in [0.1, 0.15) is 23.0 Å². The molecule has 0 amide bonds. The van der Waals surface area contributed by atoms with Gasteiger partial charge >= 0.3 is 0 Å². The Kier molecular flexibility index (Phi) is 7.01. The van der Waals surface area contributed by atoms with Crippen LogP contribution in [-0.4, -0.2) is 75.1 Å². The maximum atomic E-state index is 13.8. The third-order valence-electron chi connectivity index (χ3n) is 7.69. The second kappa shape index (κ2) is 10.7. The fourth-order valence-electron chi connectivity index (χ4n) is 5.71. The molecular formula is C28H35FN8O. The summed E-state index contributed by atoms with van der Waals surface area (Å²) in [5, 5.41) is 17.1. The zero-order valence-corrected chi connectivity index (χ0v) is 22.0. The van der Waals surface area contributed by atoms with Gasteiger partial charge in [-0.1, -0.05) is 18.2 Å². The lowest BCUT2D eigenvalue weighted by Gasteiger charge is -2.22. The number of nitrogens with zero attached hydrogens (tertiary/aromatic N) is 6. The summed E-state index contributed by atoms with van der Waals surface area (Å²) in [6.45, 7) is 6.83. The van der Waals surface area contributed by atoms with Gasteiger partial charge in [0, 0.05) is 63.0 Å². The van der Waals surface area contributed by atoms with E-state index in [1.807, 2.05) is 33.6 Å². The Balaban J connectivity index is 1.23. The molecule has 9 nitrogen and oxygen atoms in total. The zero-order chi connectivity index (χ0) is 26.1. The Bertz CT molecular complexity index is 1360. The summed E-state index contributed by atoms with van der Waals surface area (Å²) in [6, 6.07) is 14.1. The van der Waals surface area contributed by atoms with Gasteiger partial charge in [-0.3, -0.25) is 14.9 Å². The van der Waals surface area contributed by atoms with E-state index in [9.17, 15) is 4.39 Å². The van der Waals surface area contributed by atoms with Crippen molar-refractivity contribution in [3.05, 3.63) is 71.9 Å². The van der Waals surface area contributed by atoms with Gasteiger partial charge in [-0.15, -0.1) is 0 Å². The standard InChI is InChI=1S/C28H35FN8O/c1-20-27(24-15-23-9-6-11-36(23)32-24)33-37(22-7-4-3-5-8-22)28(20)31-19-30-25-17-34(13-14-38-2)18-26(25)35-12-10-21(29)16-35/h3-5,7-8,10,12,15-16,25-26,30-31H,6,9,11,13-14,17-19H2,1-2H3/t25-,26-/m1/s1. The van der Waals surface area contributed by atoms with Gasteiger partial charge in [-0.2, -0.15) is 10.2 Å². The number of hydrogen-bond acceptors (Lipinski definition) is 6. The van der Waals surface area contributed by atoms with Crippen LogP contribution in [0.1, 0.15) is 23.7 Å². The summed E-state index contributed by atoms with van der Waals surface area (Å²) in [6.07, 6.45) is 5.62. The van der Waals surface area contributed by atoms with E-state index in [4.69, 9.17) is 14.9 Å². The van der Waals surface area contributed by atoms with Crippen LogP contribution in [0, 0.1) is 12.7 Å². The number of likely N-dealkylation sites (tertiary alicyclic amines) is 1. The van der Waals surface area contributed by atoms with Crippen molar-refractivity contribution in [2.24, 2.45) is 0 Å². The van der Waals surface area contributed by atoms with Crippen molar-refractivity contribution >= 4 is 5.82 Å². The van der Waals surface area contributed by atoms with Crippen LogP contribution in [0.25, 0.3) is 17.1 Å². The highest BCUT2D eigenvalue weighted by molar-refractivity contribution is 5.68. The Morgan fingerprint density at radius 2 is 2.00 bits per heavy atom. The number of ether oxygens (including phenoxy) is 1. The second-order valence-electron chi connectivity index (χ2n) is 10.2. The van der Waals surface area contributed by atoms with Gasteiger partial charge in [0.25, 0.3) is 0 Å². The van der Waals surface area contributed by atoms with Gasteiger partial charge in [-0.05, 0) is 44.0 Å². The number of benzene rings is 1. The van der Waals surface area contributed by atoms with E-state index in [2.05, 4.69) is 45.3 Å². The highest BCUT2D eigenvalue weighted by atomic mass is 19.1. The molecule has 38 heavy (non-hydrogen) atoms. The predicted octanol–water partition coefficient (Wildman–Crippen LogP) is 3.46. The molecule has 0 bridgehead atoms. The molecule has 0 radical (unpaired) electrons. The maximum Gasteiger partial charge on any atom is 0.140 e. The third kappa shape index (κ3) is 4.87. The summed E-state index contributed by atoms with van der Waals surface area (Å²) >= 11 is 0. The molecule has 1 saturated heterocycles. The van der Waals surface area contributed by atoms with Gasteiger partial charge in [-0.25, -0.2) is 9.07 Å². The number of halogens is 1. The minimum absolute atomic E-state index is 0.127. The summed E-state index contributed by atoms with van der Waals surface area (Å²) in [4.78, 5) is 2.36. The van der Waals surface area contributed by atoms with E-state index < -0.39 is 0 Å². The first kappa shape index (κ1) is 24.8. The SMILES string of the molecule is COCCN1C[C@@H](n2ccc(F)c2)[C@H](NCNc2c(C)c(-c3cc4n(n3)CCC4)nn2-c2ccccc2)C1. The predicted molar refractivity (Wildman–Crippen MR) is 145 cm³/mol. The van der Waals surface area contributed by atoms with Gasteiger partial charge < -0.3 is 14.6 Å². The molecule has 10 heteroatoms. The van der Waals surface area contributed by atoms with E-state index in [1.165, 1.54) is 11.8 Å². The minimum Gasteiger partial charge on any atom is -0.383 e. The molecule has 0 unspecified atom stereocenters. The van der Waals surface area contributed by atoms with Crippen molar-refractivity contribution in [3.63, 3.8) is 0 Å². The molecule has 3 aromatic heterocycles. The molecule has 2 N–H and O–H groups in total. The van der Waals surface area contributed by atoms with Crippen LogP contribution in [0.2, 0.25) is 0 Å². The van der Waals surface area contributed by atoms with Crippen molar-refractivity contribution in [2.45, 2.75) is 38.4 Å². The first-order valence-corrected chi connectivity index (χ1v) is 13.3. The van der Waals surface area contributed by atoms with Gasteiger partial charge in [0.15, 0.2) is 0 Å². The number of fused-ring (bicyclic) bond motifs is 1. The maximum absolute atomic E-state index is 13.8. The van der Waals surface area contributed by atoms with Crippen LogP contribution in [0.3, 0.4) is 0 Å². The average Bonchev–Trinajstić information content (AvgIpc) is 3.73. The van der Waals surface area contributed by atoms with E-state index in [0.717, 1.165) is 67.5 Å². The number of anilines is 1. The monoisotopic (exact) mass is 518 g/mol. The van der Waals surface area contributed by atoms with Crippen LogP contribution >= 0.6 is 0 Å². The van der Waals surface area contributed by atoms with Crippen molar-refractivity contribution in [1.29, 1.82) is 0 Å². The molecular weight excluding hydrogens is 483 g/mol. The zero-order valence-electron chi connectivity index (χ0n) is 22.0. The van der Waals surface area contributed by atoms with E-state index in [-0.39, 0.29) is 17.9 Å². The molecule has 0 spiro atoms. The van der Waals surface area contributed by atoms with Crippen molar-refractivity contribution in [3.8, 4) is 17.1 Å². The lowest BCUT2D eigenvalue weighted by Crippen LogP contribution is -2.40. The molecule has 4 aromatic rings. The van der Waals surface area contributed by atoms with Crippen LogP contribution in [0.5, 0.6) is 0 Å². The molecule has 0 saturated carbocycles. The molecule has 5 heterocycles. The molecule has 6 rings (SSSR count). The highest BCUT2D eigenvalue weighted by Crippen LogP contribution is 2.31. The lowest BCUT2D eigenvalue weighted by atomic mass is 10.1. The Labute approximate surface area is 222 Å². The first-order chi connectivity index (χ1) is 18.6. The van der Waals surface area contributed by atoms with E-state index in [0.29, 0.717) is 13.3 Å². The summed E-state index contributed by atoms with van der Waals surface area (Å²) in [5.74, 6) is 0.724. The molecule has 0 aliphatic carbocycles. The molecule has 1 fully saturated rings. The average molecular weight is 519 g/mol. The van der Waals surface area contributed by atoms with Gasteiger partial charge in [0.2, 0.25) is 0 Å². The number of methoxy groups -OCH3 is 1. The molecule has 200 valence electrons. The smallest absolute Gasteiger partial charge is 0.140 e. The van der Waals surface area contributed by atoms with Crippen LogP contribution in [-0.2, 0) is 17.7 Å². The normalized spacial score (nSPS) is 19.3. The Morgan fingerprint density at radius 1 is 1.13 bits per heavy atom. The Morgan fingerprint density at radius 3 is 2.76 bits per heavy atom. The van der Waals surface area contributed by atoms with Crippen molar-refractivity contribution in [1.82, 2.24) is 34.3 Å². The molecule has 2 aliphatic heterocycles. The quantitative estimate of drug-likeness (QED) is 0.313. The highest BCUT2D eigenvalue weighted by Gasteiger charge is 2.33. The van der Waals surface area contributed by atoms with Crippen LogP contribution in [0.15, 0.2) is 54.9 Å². The number of nitrogens with one attached hydrogen (secondary N) is 2. The number of para-hydroxylation sites is 1. The summed E-state index contributed by atoms with van der Waals surface area (Å²) < 4.78 is 25.2. The number of hydrogen-bond donors (Lipinski definition) is 2. The largest absolute Gasteiger partial charge is 0.383 e. The molecule has 1 aromatic carbocycles. The summed E-state index contributed by atoms with van der Waals surface area (Å²) in [7, 11) is 1.72. The number of aromatic nitrogens is 5. The molecule has 2 atom stereocenters. The number of aryl methyl sites for hydroxylation is 2. The van der Waals surface area contributed by atoms with E-state index >= 15 is 0 Å². The minimum atomic E-state index is -0.211. The first-order valence-electron chi connectivity index (χ1n) is 13.3. The Hall–Kier alpha value is -3.47. The van der Waals surface area contributed by atoms with Crippen LogP contribution < -0.4 is 10.6 Å². The van der Waals surface area contributed by atoms with Gasteiger partial charge in [0.05, 0.1) is 25.0 Å². The van der Waals surface area contributed by atoms with Crippen molar-refractivity contribution in [2.75, 3.05) is 45.3 Å². The molecule has 2 aliphatic rings. The number of rotatable bonds is 10. The van der Waals surface area contributed by atoms with E-state index in [1.54, 1.807) is 13.3 Å². The summed E-state index contributed by atoms with van der Waals surface area (Å²) in [5.41, 5.74) is 5.14. The van der Waals surface area contributed by atoms with Crippen LogP contribution in [0.4, 0.5) is 10.2 Å². The third-order valence-corrected chi connectivity index (χ3v) is 7.69. The second-order valence-corrected chi connectivity index (χ2v) is 10.2. The fraction of sp³-hybridized carbons (Fsp3) is 0.429. The van der Waals surface area contributed by atoms with Crippen molar-refractivity contribution < 1.29 is 9.13 Å². The lowest BCUT2D eigenvalue weighted by molar-refractivity contribution is 0.158. The fourth-order valence-corrected chi connectivity index (χ4v) is 5.71. The topological polar surface area (TPSA) is 77.1 Å².